The third kappa shape index (κ3) is 31.4. The van der Waals surface area contributed by atoms with Gasteiger partial charge in [-0.25, -0.2) is 0 Å². The van der Waals surface area contributed by atoms with E-state index >= 15 is 0 Å². The Morgan fingerprint density at radius 3 is 1.37 bits per heavy atom. The minimum atomic E-state index is -1.55. The van der Waals surface area contributed by atoms with Gasteiger partial charge in [-0.2, -0.15) is 0 Å². The van der Waals surface area contributed by atoms with Crippen molar-refractivity contribution in [3.8, 4) is 0 Å². The first-order valence-corrected chi connectivity index (χ1v) is 25.4. The number of aliphatic hydroxyl groups excluding tert-OH is 5. The highest BCUT2D eigenvalue weighted by Gasteiger charge is 2.44. The molecule has 1 aliphatic rings. The van der Waals surface area contributed by atoms with E-state index in [1.165, 1.54) is 173 Å². The second kappa shape index (κ2) is 41.0. The number of allylic oxidation sites excluding steroid dienone is 2. The molecule has 1 saturated heterocycles. The van der Waals surface area contributed by atoms with Crippen LogP contribution in [0.15, 0.2) is 12.2 Å². The maximum absolute atomic E-state index is 13.0. The van der Waals surface area contributed by atoms with Crippen molar-refractivity contribution in [1.29, 1.82) is 0 Å². The number of ether oxygens (including phenoxy) is 2. The summed E-state index contributed by atoms with van der Waals surface area (Å²) >= 11 is 0. The van der Waals surface area contributed by atoms with Crippen molar-refractivity contribution in [2.75, 3.05) is 13.2 Å². The van der Waals surface area contributed by atoms with Crippen molar-refractivity contribution in [3.63, 3.8) is 0 Å². The van der Waals surface area contributed by atoms with Gasteiger partial charge in [-0.1, -0.05) is 212 Å². The van der Waals surface area contributed by atoms with Gasteiger partial charge in [0.15, 0.2) is 6.29 Å². The normalized spacial score (nSPS) is 20.7. The molecule has 6 N–H and O–H groups in total. The summed E-state index contributed by atoms with van der Waals surface area (Å²) in [5.41, 5.74) is 0. The Kier molecular flexibility index (Phi) is 38.9. The Bertz CT molecular complexity index is 935. The number of unbranched alkanes of at least 4 members (excludes halogenated alkanes) is 31. The summed E-state index contributed by atoms with van der Waals surface area (Å²) in [5.74, 6) is -0.149. The Labute approximate surface area is 363 Å². The Morgan fingerprint density at radius 1 is 0.559 bits per heavy atom. The van der Waals surface area contributed by atoms with Crippen LogP contribution in [0, 0.1) is 0 Å². The van der Waals surface area contributed by atoms with Gasteiger partial charge in [-0.05, 0) is 38.5 Å². The lowest BCUT2D eigenvalue weighted by atomic mass is 9.99. The molecule has 0 aromatic rings. The van der Waals surface area contributed by atoms with Gasteiger partial charge in [0.2, 0.25) is 5.91 Å². The summed E-state index contributed by atoms with van der Waals surface area (Å²) in [4.78, 5) is 13.0. The van der Waals surface area contributed by atoms with Gasteiger partial charge in [-0.15, -0.1) is 0 Å². The van der Waals surface area contributed by atoms with Gasteiger partial charge in [0.25, 0.3) is 0 Å². The molecule has 1 rings (SSSR count). The van der Waals surface area contributed by atoms with E-state index in [9.17, 15) is 30.3 Å². The van der Waals surface area contributed by atoms with Crippen molar-refractivity contribution < 1.29 is 39.8 Å². The fourth-order valence-corrected chi connectivity index (χ4v) is 8.27. The lowest BCUT2D eigenvalue weighted by Crippen LogP contribution is -2.60. The van der Waals surface area contributed by atoms with E-state index in [1.807, 2.05) is 0 Å². The maximum atomic E-state index is 13.0. The van der Waals surface area contributed by atoms with Crippen molar-refractivity contribution in [3.05, 3.63) is 12.2 Å². The molecule has 0 radical (unpaired) electrons. The standard InChI is InChI=1S/C50H97NO8/c1-3-5-7-9-11-13-15-17-19-20-21-22-23-24-26-28-30-32-34-36-38-40-46(54)51-43(42-58-50-49(57)48(56)47(55)45(41-52)59-50)44(53)39-37-35-33-31-29-27-25-18-16-14-12-10-8-6-4-2/h29,31,43-45,47-50,52-53,55-57H,3-28,30,32-42H2,1-2H3,(H,51,54)/b31-29+/t43-,44+,45-,47-,48?,49?,50-/m0/s1. The zero-order valence-electron chi connectivity index (χ0n) is 38.5. The number of aliphatic hydroxyl groups is 5. The first kappa shape index (κ1) is 55.9. The topological polar surface area (TPSA) is 149 Å². The third-order valence-corrected chi connectivity index (χ3v) is 12.4. The molecule has 0 bridgehead atoms. The molecule has 9 heteroatoms. The average Bonchev–Trinajstić information content (AvgIpc) is 3.23. The molecule has 0 spiro atoms. The number of hydrogen-bond acceptors (Lipinski definition) is 8. The van der Waals surface area contributed by atoms with Crippen LogP contribution in [-0.2, 0) is 14.3 Å². The summed E-state index contributed by atoms with van der Waals surface area (Å²) in [5, 5.41) is 54.4. The van der Waals surface area contributed by atoms with E-state index in [2.05, 4.69) is 31.3 Å². The van der Waals surface area contributed by atoms with E-state index in [1.54, 1.807) is 0 Å². The molecule has 0 saturated carbocycles. The zero-order valence-corrected chi connectivity index (χ0v) is 38.5. The Hall–Kier alpha value is -1.07. The third-order valence-electron chi connectivity index (χ3n) is 12.4. The zero-order chi connectivity index (χ0) is 43.0. The number of carbonyl (C=O) groups excluding carboxylic acids is 1. The van der Waals surface area contributed by atoms with Gasteiger partial charge in [0, 0.05) is 6.42 Å². The Balaban J connectivity index is 2.26. The fraction of sp³-hybridized carbons (Fsp3) is 0.940. The van der Waals surface area contributed by atoms with Crippen molar-refractivity contribution in [2.45, 2.75) is 288 Å². The minimum Gasteiger partial charge on any atom is -0.394 e. The molecule has 59 heavy (non-hydrogen) atoms. The largest absolute Gasteiger partial charge is 0.394 e. The average molecular weight is 840 g/mol. The van der Waals surface area contributed by atoms with E-state index in [0.29, 0.717) is 12.8 Å². The fourth-order valence-electron chi connectivity index (χ4n) is 8.27. The van der Waals surface area contributed by atoms with Crippen LogP contribution in [-0.4, -0.2) is 87.5 Å². The highest BCUT2D eigenvalue weighted by atomic mass is 16.7. The van der Waals surface area contributed by atoms with E-state index in [0.717, 1.165) is 44.9 Å². The predicted octanol–water partition coefficient (Wildman–Crippen LogP) is 11.3. The molecule has 9 nitrogen and oxygen atoms in total. The van der Waals surface area contributed by atoms with Gasteiger partial charge < -0.3 is 40.3 Å². The maximum Gasteiger partial charge on any atom is 0.220 e. The highest BCUT2D eigenvalue weighted by Crippen LogP contribution is 2.23. The molecular formula is C50H97NO8. The SMILES string of the molecule is CCCCCCCCCCC/C=C/CCCC[C@@H](O)[C@H](CO[C@H]1O[C@@H](CO)[C@H](O)C(O)C1O)NC(=O)CCCCCCCCCCCCCCCCCCCCCCC. The van der Waals surface area contributed by atoms with Crippen LogP contribution in [0.4, 0.5) is 0 Å². The molecule has 0 aromatic heterocycles. The highest BCUT2D eigenvalue weighted by molar-refractivity contribution is 5.76. The molecule has 0 aliphatic carbocycles. The number of amides is 1. The summed E-state index contributed by atoms with van der Waals surface area (Å²) in [6.07, 6.45) is 40.8. The summed E-state index contributed by atoms with van der Waals surface area (Å²) in [6.45, 7) is 3.84. The molecule has 2 unspecified atom stereocenters. The van der Waals surface area contributed by atoms with Crippen molar-refractivity contribution in [2.24, 2.45) is 0 Å². The molecular weight excluding hydrogens is 743 g/mol. The van der Waals surface area contributed by atoms with Crippen LogP contribution in [0.3, 0.4) is 0 Å². The second-order valence-electron chi connectivity index (χ2n) is 18.0. The van der Waals surface area contributed by atoms with Crippen molar-refractivity contribution >= 4 is 5.91 Å². The number of hydrogen-bond donors (Lipinski definition) is 6. The molecule has 1 aliphatic heterocycles. The lowest BCUT2D eigenvalue weighted by Gasteiger charge is -2.40. The van der Waals surface area contributed by atoms with E-state index in [4.69, 9.17) is 9.47 Å². The van der Waals surface area contributed by atoms with Gasteiger partial charge in [0.1, 0.15) is 24.4 Å². The van der Waals surface area contributed by atoms with E-state index in [-0.39, 0.29) is 12.5 Å². The molecule has 1 amide bonds. The summed E-state index contributed by atoms with van der Waals surface area (Å²) < 4.78 is 11.3. The van der Waals surface area contributed by atoms with Crippen LogP contribution in [0.1, 0.15) is 245 Å². The van der Waals surface area contributed by atoms with Gasteiger partial charge in [0.05, 0.1) is 25.4 Å². The monoisotopic (exact) mass is 840 g/mol. The van der Waals surface area contributed by atoms with E-state index < -0.39 is 49.5 Å². The minimum absolute atomic E-state index is 0.145. The molecule has 0 aromatic carbocycles. The predicted molar refractivity (Wildman–Crippen MR) is 244 cm³/mol. The summed E-state index contributed by atoms with van der Waals surface area (Å²) in [7, 11) is 0. The van der Waals surface area contributed by atoms with Crippen molar-refractivity contribution in [1.82, 2.24) is 5.32 Å². The van der Waals surface area contributed by atoms with Crippen LogP contribution < -0.4 is 5.32 Å². The first-order valence-electron chi connectivity index (χ1n) is 25.4. The number of nitrogens with one attached hydrogen (secondary N) is 1. The number of carbonyl (C=O) groups is 1. The number of rotatable bonds is 43. The molecule has 350 valence electrons. The smallest absolute Gasteiger partial charge is 0.220 e. The Morgan fingerprint density at radius 2 is 0.949 bits per heavy atom. The van der Waals surface area contributed by atoms with Gasteiger partial charge >= 0.3 is 0 Å². The van der Waals surface area contributed by atoms with Gasteiger partial charge in [-0.3, -0.25) is 4.79 Å². The summed E-state index contributed by atoms with van der Waals surface area (Å²) in [6, 6.07) is -0.730. The molecule has 1 fully saturated rings. The van der Waals surface area contributed by atoms with Crippen LogP contribution in [0.2, 0.25) is 0 Å². The van der Waals surface area contributed by atoms with Crippen LogP contribution in [0.25, 0.3) is 0 Å². The second-order valence-corrected chi connectivity index (χ2v) is 18.0. The van der Waals surface area contributed by atoms with Crippen LogP contribution >= 0.6 is 0 Å². The lowest BCUT2D eigenvalue weighted by molar-refractivity contribution is -0.302. The first-order chi connectivity index (χ1) is 28.8. The van der Waals surface area contributed by atoms with Crippen LogP contribution in [0.5, 0.6) is 0 Å². The molecule has 1 heterocycles. The molecule has 7 atom stereocenters. The quantitative estimate of drug-likeness (QED) is 0.0263.